The van der Waals surface area contributed by atoms with Crippen LogP contribution in [0.1, 0.15) is 16.4 Å². The van der Waals surface area contributed by atoms with E-state index in [-0.39, 0.29) is 12.4 Å². The maximum Gasteiger partial charge on any atom is 0.309 e. The van der Waals surface area contributed by atoms with E-state index < -0.39 is 11.8 Å². The molecule has 4 aromatic rings. The summed E-state index contributed by atoms with van der Waals surface area (Å²) in [4.78, 5) is 28.8. The molecule has 2 amide bonds. The standard InChI is InChI=1S/C24H20ClN5O3/c1-16-26-23(29-30(16)19-13-11-18(25)12-14-19)24(32)28-27-22(31)15-33-21-10-6-5-9-20(21)17-7-3-2-4-8-17/h2-14H,15H2,1H3,(H,27,31)(H,28,32). The quantitative estimate of drug-likeness (QED) is 0.426. The van der Waals surface area contributed by atoms with Crippen molar-refractivity contribution < 1.29 is 14.3 Å². The number of carbonyl (C=O) groups excluding carboxylic acids is 2. The molecule has 2 N–H and O–H groups in total. The highest BCUT2D eigenvalue weighted by Crippen LogP contribution is 2.29. The van der Waals surface area contributed by atoms with E-state index in [1.807, 2.05) is 48.5 Å². The zero-order valence-corrected chi connectivity index (χ0v) is 18.4. The number of nitrogens with zero attached hydrogens (tertiary/aromatic N) is 3. The van der Waals surface area contributed by atoms with E-state index in [2.05, 4.69) is 20.9 Å². The molecule has 0 aliphatic heterocycles. The molecule has 0 spiro atoms. The second-order valence-corrected chi connectivity index (χ2v) is 7.46. The van der Waals surface area contributed by atoms with E-state index in [1.165, 1.54) is 4.68 Å². The molecule has 0 saturated heterocycles. The van der Waals surface area contributed by atoms with Crippen molar-refractivity contribution in [3.05, 3.63) is 95.5 Å². The number of para-hydroxylation sites is 1. The van der Waals surface area contributed by atoms with Gasteiger partial charge < -0.3 is 4.74 Å². The average Bonchev–Trinajstić information content (AvgIpc) is 3.24. The van der Waals surface area contributed by atoms with Gasteiger partial charge in [0.1, 0.15) is 11.6 Å². The molecule has 8 nitrogen and oxygen atoms in total. The topological polar surface area (TPSA) is 98.1 Å². The lowest BCUT2D eigenvalue weighted by Gasteiger charge is -2.12. The summed E-state index contributed by atoms with van der Waals surface area (Å²) in [5.74, 6) is -0.194. The SMILES string of the molecule is Cc1nc(C(=O)NNC(=O)COc2ccccc2-c2ccccc2)nn1-c1ccc(Cl)cc1. The Morgan fingerprint density at radius 3 is 2.39 bits per heavy atom. The lowest BCUT2D eigenvalue weighted by molar-refractivity contribution is -0.123. The van der Waals surface area contributed by atoms with Crippen molar-refractivity contribution in [2.45, 2.75) is 6.92 Å². The number of nitrogens with one attached hydrogen (secondary N) is 2. The lowest BCUT2D eigenvalue weighted by atomic mass is 10.1. The lowest BCUT2D eigenvalue weighted by Crippen LogP contribution is -2.44. The first-order chi connectivity index (χ1) is 16.0. The molecule has 0 fully saturated rings. The van der Waals surface area contributed by atoms with Gasteiger partial charge in [-0.05, 0) is 42.8 Å². The molecular weight excluding hydrogens is 442 g/mol. The second kappa shape index (κ2) is 9.97. The fraction of sp³-hybridized carbons (Fsp3) is 0.0833. The predicted octanol–water partition coefficient (Wildman–Crippen LogP) is 3.74. The van der Waals surface area contributed by atoms with Crippen LogP contribution in [0, 0.1) is 6.92 Å². The van der Waals surface area contributed by atoms with Crippen LogP contribution in [0.2, 0.25) is 5.02 Å². The van der Waals surface area contributed by atoms with Crippen LogP contribution in [-0.4, -0.2) is 33.2 Å². The number of benzene rings is 3. The zero-order valence-electron chi connectivity index (χ0n) is 17.7. The van der Waals surface area contributed by atoms with Crippen molar-refractivity contribution in [1.82, 2.24) is 25.6 Å². The minimum absolute atomic E-state index is 0.0851. The summed E-state index contributed by atoms with van der Waals surface area (Å²) in [6.07, 6.45) is 0. The third-order valence-corrected chi connectivity index (χ3v) is 4.94. The predicted molar refractivity (Wildman–Crippen MR) is 124 cm³/mol. The third-order valence-electron chi connectivity index (χ3n) is 4.69. The minimum atomic E-state index is -0.649. The number of hydrogen-bond acceptors (Lipinski definition) is 5. The Bertz CT molecular complexity index is 1270. The fourth-order valence-electron chi connectivity index (χ4n) is 3.12. The summed E-state index contributed by atoms with van der Waals surface area (Å²) in [5, 5.41) is 4.78. The van der Waals surface area contributed by atoms with Crippen LogP contribution < -0.4 is 15.6 Å². The minimum Gasteiger partial charge on any atom is -0.483 e. The second-order valence-electron chi connectivity index (χ2n) is 7.02. The summed E-state index contributed by atoms with van der Waals surface area (Å²) < 4.78 is 7.18. The highest BCUT2D eigenvalue weighted by molar-refractivity contribution is 6.30. The van der Waals surface area contributed by atoms with Gasteiger partial charge in [0.2, 0.25) is 5.82 Å². The van der Waals surface area contributed by atoms with Crippen molar-refractivity contribution in [3.63, 3.8) is 0 Å². The third kappa shape index (κ3) is 5.36. The average molecular weight is 462 g/mol. The van der Waals surface area contributed by atoms with E-state index in [0.29, 0.717) is 22.3 Å². The first-order valence-corrected chi connectivity index (χ1v) is 10.4. The Kier molecular flexibility index (Phi) is 6.66. The smallest absolute Gasteiger partial charge is 0.309 e. The molecule has 0 saturated carbocycles. The van der Waals surface area contributed by atoms with Crippen molar-refractivity contribution in [1.29, 1.82) is 0 Å². The molecule has 0 radical (unpaired) electrons. The Hall–Kier alpha value is -4.17. The highest BCUT2D eigenvalue weighted by Gasteiger charge is 2.16. The largest absolute Gasteiger partial charge is 0.483 e. The van der Waals surface area contributed by atoms with E-state index in [0.717, 1.165) is 11.1 Å². The van der Waals surface area contributed by atoms with Crippen molar-refractivity contribution in [2.75, 3.05) is 6.61 Å². The van der Waals surface area contributed by atoms with Crippen molar-refractivity contribution in [2.24, 2.45) is 0 Å². The van der Waals surface area contributed by atoms with Crippen molar-refractivity contribution >= 4 is 23.4 Å². The molecule has 166 valence electrons. The molecule has 1 heterocycles. The number of aryl methyl sites for hydroxylation is 1. The molecule has 9 heteroatoms. The number of halogens is 1. The van der Waals surface area contributed by atoms with Gasteiger partial charge >= 0.3 is 5.91 Å². The van der Waals surface area contributed by atoms with Crippen LogP contribution in [0.15, 0.2) is 78.9 Å². The van der Waals surface area contributed by atoms with Gasteiger partial charge in [-0.1, -0.05) is 60.1 Å². The van der Waals surface area contributed by atoms with Gasteiger partial charge in [-0.3, -0.25) is 20.4 Å². The van der Waals surface area contributed by atoms with Gasteiger partial charge in [-0.25, -0.2) is 9.67 Å². The zero-order chi connectivity index (χ0) is 23.2. The molecule has 33 heavy (non-hydrogen) atoms. The van der Waals surface area contributed by atoms with Gasteiger partial charge in [0.15, 0.2) is 6.61 Å². The first kappa shape index (κ1) is 22.0. The molecule has 0 bridgehead atoms. The summed E-state index contributed by atoms with van der Waals surface area (Å²) in [7, 11) is 0. The molecule has 0 unspecified atom stereocenters. The van der Waals surface area contributed by atoms with Crippen LogP contribution in [-0.2, 0) is 4.79 Å². The Morgan fingerprint density at radius 1 is 0.939 bits per heavy atom. The fourth-order valence-corrected chi connectivity index (χ4v) is 3.25. The van der Waals surface area contributed by atoms with Gasteiger partial charge in [-0.2, -0.15) is 0 Å². The van der Waals surface area contributed by atoms with Crippen LogP contribution >= 0.6 is 11.6 Å². The number of rotatable bonds is 6. The van der Waals surface area contributed by atoms with E-state index in [4.69, 9.17) is 16.3 Å². The number of hydrogen-bond donors (Lipinski definition) is 2. The summed E-state index contributed by atoms with van der Waals surface area (Å²) in [6.45, 7) is 1.44. The van der Waals surface area contributed by atoms with Crippen LogP contribution in [0.4, 0.5) is 0 Å². The molecular formula is C24H20ClN5O3. The maximum absolute atomic E-state index is 12.4. The van der Waals surface area contributed by atoms with Gasteiger partial charge in [0.25, 0.3) is 5.91 Å². The number of ether oxygens (including phenoxy) is 1. The van der Waals surface area contributed by atoms with E-state index in [9.17, 15) is 9.59 Å². The Morgan fingerprint density at radius 2 is 1.64 bits per heavy atom. The van der Waals surface area contributed by atoms with E-state index >= 15 is 0 Å². The first-order valence-electron chi connectivity index (χ1n) is 10.1. The van der Waals surface area contributed by atoms with Gasteiger partial charge in [-0.15, -0.1) is 5.10 Å². The van der Waals surface area contributed by atoms with Crippen molar-refractivity contribution in [3.8, 4) is 22.6 Å². The monoisotopic (exact) mass is 461 g/mol. The summed E-state index contributed by atoms with van der Waals surface area (Å²) >= 11 is 5.91. The molecule has 0 atom stereocenters. The Balaban J connectivity index is 1.34. The molecule has 3 aromatic carbocycles. The summed E-state index contributed by atoms with van der Waals surface area (Å²) in [6, 6.07) is 24.1. The van der Waals surface area contributed by atoms with Crippen LogP contribution in [0.3, 0.4) is 0 Å². The normalized spacial score (nSPS) is 10.5. The van der Waals surface area contributed by atoms with Gasteiger partial charge in [0.05, 0.1) is 5.69 Å². The van der Waals surface area contributed by atoms with Crippen LogP contribution in [0.25, 0.3) is 16.8 Å². The number of carbonyl (C=O) groups is 2. The molecule has 0 aliphatic carbocycles. The molecule has 1 aromatic heterocycles. The Labute approximate surface area is 195 Å². The number of hydrazine groups is 1. The number of amides is 2. The van der Waals surface area contributed by atoms with Gasteiger partial charge in [0, 0.05) is 10.6 Å². The maximum atomic E-state index is 12.4. The number of aromatic nitrogens is 3. The summed E-state index contributed by atoms with van der Waals surface area (Å²) in [5.41, 5.74) is 7.16. The van der Waals surface area contributed by atoms with Crippen LogP contribution in [0.5, 0.6) is 5.75 Å². The van der Waals surface area contributed by atoms with E-state index in [1.54, 1.807) is 37.3 Å². The highest BCUT2D eigenvalue weighted by atomic mass is 35.5. The molecule has 4 rings (SSSR count). The molecule has 0 aliphatic rings.